The van der Waals surface area contributed by atoms with Crippen LogP contribution in [0.3, 0.4) is 0 Å². The van der Waals surface area contributed by atoms with Crippen LogP contribution in [0.15, 0.2) is 29.1 Å². The average Bonchev–Trinajstić information content (AvgIpc) is 2.69. The van der Waals surface area contributed by atoms with Gasteiger partial charge in [-0.05, 0) is 56.1 Å². The lowest BCUT2D eigenvalue weighted by atomic mass is 9.49. The summed E-state index contributed by atoms with van der Waals surface area (Å²) in [7, 11) is 3.34. The second-order valence-corrected chi connectivity index (χ2v) is 8.98. The van der Waals surface area contributed by atoms with Crippen molar-refractivity contribution in [3.63, 3.8) is 0 Å². The molecule has 3 aliphatic rings. The van der Waals surface area contributed by atoms with E-state index < -0.39 is 22.5 Å². The van der Waals surface area contributed by atoms with E-state index in [1.807, 2.05) is 0 Å². The number of ether oxygens (including phenoxy) is 1. The monoisotopic (exact) mass is 394 g/mol. The van der Waals surface area contributed by atoms with E-state index in [9.17, 15) is 14.7 Å². The van der Waals surface area contributed by atoms with Crippen LogP contribution in [-0.2, 0) is 29.4 Å². The van der Waals surface area contributed by atoms with E-state index in [-0.39, 0.29) is 11.6 Å². The van der Waals surface area contributed by atoms with Crippen molar-refractivity contribution in [3.8, 4) is 0 Å². The number of piperidine rings is 1. The van der Waals surface area contributed by atoms with Crippen molar-refractivity contribution in [2.24, 2.45) is 0 Å². The molecule has 1 aromatic carbocycles. The third kappa shape index (κ3) is 2.36. The second kappa shape index (κ2) is 6.03. The number of fused-ring (bicyclic) bond motifs is 2. The Hall–Kier alpha value is -2.44. The van der Waals surface area contributed by atoms with Gasteiger partial charge in [0, 0.05) is 30.0 Å². The Morgan fingerprint density at radius 2 is 2.07 bits per heavy atom. The minimum Gasteiger partial charge on any atom is -0.465 e. The Morgan fingerprint density at radius 1 is 1.28 bits per heavy atom. The fourth-order valence-electron chi connectivity index (χ4n) is 6.04. The van der Waals surface area contributed by atoms with Gasteiger partial charge in [-0.25, -0.2) is 4.79 Å². The number of pyridine rings is 1. The lowest BCUT2D eigenvalue weighted by Crippen LogP contribution is -2.73. The molecule has 152 valence electrons. The Labute approximate surface area is 169 Å². The predicted octanol–water partition coefficient (Wildman–Crippen LogP) is 1.50. The number of aryl methyl sites for hydroxylation is 1. The van der Waals surface area contributed by atoms with Gasteiger partial charge in [0.2, 0.25) is 0 Å². The van der Waals surface area contributed by atoms with Gasteiger partial charge in [0.25, 0.3) is 5.56 Å². The van der Waals surface area contributed by atoms with Gasteiger partial charge < -0.3 is 19.7 Å². The molecule has 2 bridgehead atoms. The molecule has 29 heavy (non-hydrogen) atoms. The number of methoxy groups -OCH3 is 1. The minimum absolute atomic E-state index is 0.00336. The van der Waals surface area contributed by atoms with Gasteiger partial charge in [-0.2, -0.15) is 0 Å². The number of rotatable bonds is 1. The zero-order valence-electron chi connectivity index (χ0n) is 17.0. The first-order valence-electron chi connectivity index (χ1n) is 10.1. The third-order valence-corrected chi connectivity index (χ3v) is 7.56. The predicted molar refractivity (Wildman–Crippen MR) is 108 cm³/mol. The number of nitrogens with zero attached hydrogens (tertiary/aromatic N) is 1. The molecule has 0 unspecified atom stereocenters. The molecule has 2 aliphatic carbocycles. The summed E-state index contributed by atoms with van der Waals surface area (Å²) in [4.78, 5) is 29.7. The van der Waals surface area contributed by atoms with Crippen molar-refractivity contribution in [1.82, 2.24) is 9.88 Å². The highest BCUT2D eigenvalue weighted by atomic mass is 16.5. The van der Waals surface area contributed by atoms with Crippen molar-refractivity contribution < 1.29 is 14.6 Å². The van der Waals surface area contributed by atoms with E-state index >= 15 is 0 Å². The first-order chi connectivity index (χ1) is 13.8. The van der Waals surface area contributed by atoms with Gasteiger partial charge in [-0.3, -0.25) is 4.79 Å². The number of aromatic nitrogens is 1. The molecule has 3 atom stereocenters. The van der Waals surface area contributed by atoms with Crippen LogP contribution in [-0.4, -0.2) is 53.3 Å². The Kier molecular flexibility index (Phi) is 3.86. The lowest BCUT2D eigenvalue weighted by molar-refractivity contribution is -0.145. The van der Waals surface area contributed by atoms with Gasteiger partial charge >= 0.3 is 5.97 Å². The summed E-state index contributed by atoms with van der Waals surface area (Å²) in [6.07, 6.45) is 2.60. The number of hydrogen-bond donors (Lipinski definition) is 2. The van der Waals surface area contributed by atoms with Gasteiger partial charge in [0.15, 0.2) is 0 Å². The molecule has 1 fully saturated rings. The number of likely N-dealkylation sites (tertiary alicyclic amines) is 1. The van der Waals surface area contributed by atoms with Crippen LogP contribution in [0.25, 0.3) is 0 Å². The molecule has 1 aliphatic heterocycles. The zero-order valence-corrected chi connectivity index (χ0v) is 17.0. The normalized spacial score (nSPS) is 30.1. The number of esters is 1. The molecule has 6 heteroatoms. The number of nitrogens with one attached hydrogen (secondary N) is 1. The molecule has 2 heterocycles. The molecule has 0 spiro atoms. The quantitative estimate of drug-likeness (QED) is 0.717. The van der Waals surface area contributed by atoms with Crippen LogP contribution in [0.1, 0.15) is 44.7 Å². The number of H-pyrrole nitrogens is 1. The van der Waals surface area contributed by atoms with Crippen LogP contribution >= 0.6 is 0 Å². The number of carbonyl (C=O) groups is 1. The highest BCUT2D eigenvalue weighted by molar-refractivity contribution is 5.89. The molecule has 0 saturated carbocycles. The molecule has 0 amide bonds. The van der Waals surface area contributed by atoms with E-state index in [1.165, 1.54) is 23.8 Å². The molecule has 5 rings (SSSR count). The van der Waals surface area contributed by atoms with Gasteiger partial charge in [0.05, 0.1) is 12.7 Å². The summed E-state index contributed by atoms with van der Waals surface area (Å²) in [6, 6.07) is 8.15. The summed E-state index contributed by atoms with van der Waals surface area (Å²) in [5.41, 5.74) is 3.51. The first kappa shape index (κ1) is 18.6. The number of aromatic amines is 1. The van der Waals surface area contributed by atoms with E-state index in [4.69, 9.17) is 4.74 Å². The van der Waals surface area contributed by atoms with Gasteiger partial charge in [-0.15, -0.1) is 0 Å². The number of carbonyl (C=O) groups excluding carboxylic acids is 1. The van der Waals surface area contributed by atoms with Crippen molar-refractivity contribution in [1.29, 1.82) is 0 Å². The summed E-state index contributed by atoms with van der Waals surface area (Å²) >= 11 is 0. The van der Waals surface area contributed by atoms with E-state index in [1.54, 1.807) is 6.07 Å². The van der Waals surface area contributed by atoms with Crippen molar-refractivity contribution >= 4 is 5.97 Å². The van der Waals surface area contributed by atoms with E-state index in [0.717, 1.165) is 30.6 Å². The maximum Gasteiger partial charge on any atom is 0.343 e. The molecular weight excluding hydrogens is 368 g/mol. The fraction of sp³-hybridized carbons (Fsp3) is 0.478. The maximum absolute atomic E-state index is 12.5. The van der Waals surface area contributed by atoms with Crippen LogP contribution < -0.4 is 5.56 Å². The maximum atomic E-state index is 12.5. The highest BCUT2D eigenvalue weighted by Gasteiger charge is 2.63. The average molecular weight is 394 g/mol. The topological polar surface area (TPSA) is 82.6 Å². The SMILES string of the molecule is COC(=O)c1cc2c([nH]c1=O)C[C@]13CCN(C)[C@H](Cc4ccc(C)cc41)[C@]3(O)C2. The Morgan fingerprint density at radius 3 is 2.83 bits per heavy atom. The molecular formula is C23H26N2O4. The largest absolute Gasteiger partial charge is 0.465 e. The van der Waals surface area contributed by atoms with Crippen LogP contribution in [0.4, 0.5) is 0 Å². The smallest absolute Gasteiger partial charge is 0.343 e. The highest BCUT2D eigenvalue weighted by Crippen LogP contribution is 2.56. The van der Waals surface area contributed by atoms with Gasteiger partial charge in [-0.1, -0.05) is 23.8 Å². The fourth-order valence-corrected chi connectivity index (χ4v) is 6.04. The summed E-state index contributed by atoms with van der Waals surface area (Å²) in [6.45, 7) is 2.98. The van der Waals surface area contributed by atoms with E-state index in [0.29, 0.717) is 12.8 Å². The third-order valence-electron chi connectivity index (χ3n) is 7.56. The number of benzene rings is 1. The van der Waals surface area contributed by atoms with E-state index in [2.05, 4.69) is 42.1 Å². The molecule has 0 radical (unpaired) electrons. The minimum atomic E-state index is -0.959. The molecule has 2 aromatic rings. The zero-order chi connectivity index (χ0) is 20.6. The first-order valence-corrected chi connectivity index (χ1v) is 10.1. The second-order valence-electron chi connectivity index (χ2n) is 8.98. The summed E-state index contributed by atoms with van der Waals surface area (Å²) in [5.74, 6) is -0.650. The Bertz CT molecular complexity index is 1090. The molecule has 1 saturated heterocycles. The Balaban J connectivity index is 1.74. The van der Waals surface area contributed by atoms with Crippen molar-refractivity contribution in [2.75, 3.05) is 20.7 Å². The van der Waals surface area contributed by atoms with Crippen molar-refractivity contribution in [3.05, 3.63) is 68.1 Å². The van der Waals surface area contributed by atoms with Gasteiger partial charge in [0.1, 0.15) is 5.56 Å². The summed E-state index contributed by atoms with van der Waals surface area (Å²) < 4.78 is 4.76. The number of aliphatic hydroxyl groups is 1. The number of hydrogen-bond acceptors (Lipinski definition) is 5. The molecule has 1 aromatic heterocycles. The summed E-state index contributed by atoms with van der Waals surface area (Å²) in [5, 5.41) is 12.2. The van der Waals surface area contributed by atoms with Crippen molar-refractivity contribution in [2.45, 2.75) is 49.7 Å². The number of likely N-dealkylation sites (N-methyl/N-ethyl adjacent to an activating group) is 1. The lowest BCUT2D eigenvalue weighted by Gasteiger charge is -2.63. The standard InChI is InChI=1S/C23H26N2O4/c1-13-4-5-14-10-19-23(28)11-15-9-16(21(27)29-3)20(26)24-18(15)12-22(23,17(14)8-13)6-7-25(19)2/h4-5,8-9,19,28H,6-7,10-12H2,1-3H3,(H,24,26)/t19-,22-,23-/m1/s1. The molecule has 6 nitrogen and oxygen atoms in total. The molecule has 2 N–H and O–H groups in total. The van der Waals surface area contributed by atoms with Crippen LogP contribution in [0.2, 0.25) is 0 Å². The van der Waals surface area contributed by atoms with Crippen LogP contribution in [0, 0.1) is 6.92 Å². The van der Waals surface area contributed by atoms with Crippen LogP contribution in [0.5, 0.6) is 0 Å².